The molecule has 0 unspecified atom stereocenters. The van der Waals surface area contributed by atoms with Crippen molar-refractivity contribution in [3.8, 4) is 11.5 Å². The highest BCUT2D eigenvalue weighted by atomic mass is 32.2. The third kappa shape index (κ3) is 4.54. The van der Waals surface area contributed by atoms with Gasteiger partial charge in [0.05, 0.1) is 37.2 Å². The zero-order valence-electron chi connectivity index (χ0n) is 12.5. The summed E-state index contributed by atoms with van der Waals surface area (Å²) < 4.78 is 33.1. The zero-order chi connectivity index (χ0) is 16.2. The summed E-state index contributed by atoms with van der Waals surface area (Å²) in [6.45, 7) is 0. The highest BCUT2D eigenvalue weighted by Crippen LogP contribution is 2.29. The van der Waals surface area contributed by atoms with Crippen molar-refractivity contribution >= 4 is 33.2 Å². The molecule has 1 atom stereocenters. The molecule has 6 nitrogen and oxygen atoms in total. The average molecular weight is 345 g/mol. The largest absolute Gasteiger partial charge is 0.497 e. The summed E-state index contributed by atoms with van der Waals surface area (Å²) in [7, 11) is 0.164. The van der Waals surface area contributed by atoms with Gasteiger partial charge in [0.2, 0.25) is 5.91 Å². The van der Waals surface area contributed by atoms with E-state index in [-0.39, 0.29) is 28.4 Å². The number of sulfone groups is 1. The Bertz CT molecular complexity index is 645. The predicted octanol–water partition coefficient (Wildman–Crippen LogP) is 1.56. The molecule has 1 aromatic rings. The van der Waals surface area contributed by atoms with Crippen molar-refractivity contribution in [2.75, 3.05) is 36.8 Å². The maximum atomic E-state index is 12.0. The van der Waals surface area contributed by atoms with Crippen LogP contribution in [-0.2, 0) is 14.6 Å². The third-order valence-electron chi connectivity index (χ3n) is 3.32. The topological polar surface area (TPSA) is 81.7 Å². The van der Waals surface area contributed by atoms with E-state index in [0.29, 0.717) is 23.6 Å². The minimum Gasteiger partial charge on any atom is -0.497 e. The summed E-state index contributed by atoms with van der Waals surface area (Å²) in [6.07, 6.45) is 0.617. The van der Waals surface area contributed by atoms with Crippen molar-refractivity contribution in [1.29, 1.82) is 0 Å². The standard InChI is InChI=1S/C14H19NO5S2/c1-19-10-3-4-12(13(7-10)20-2)15-14(16)8-21-11-5-6-22(17,18)9-11/h3-4,7,11H,5-6,8-9H2,1-2H3,(H,15,16)/t11-/m0/s1. The molecule has 1 fully saturated rings. The van der Waals surface area contributed by atoms with Gasteiger partial charge in [0.15, 0.2) is 9.84 Å². The molecule has 1 aliphatic rings. The number of hydrogen-bond acceptors (Lipinski definition) is 6. The number of carbonyl (C=O) groups excluding carboxylic acids is 1. The second-order valence-electron chi connectivity index (χ2n) is 4.95. The minimum atomic E-state index is -2.91. The van der Waals surface area contributed by atoms with E-state index in [0.717, 1.165) is 0 Å². The molecule has 0 spiro atoms. The summed E-state index contributed by atoms with van der Waals surface area (Å²) in [5, 5.41) is 2.78. The smallest absolute Gasteiger partial charge is 0.234 e. The highest BCUT2D eigenvalue weighted by molar-refractivity contribution is 8.02. The van der Waals surface area contributed by atoms with E-state index in [9.17, 15) is 13.2 Å². The number of rotatable bonds is 6. The molecule has 1 heterocycles. The summed E-state index contributed by atoms with van der Waals surface area (Å²) in [5.41, 5.74) is 0.563. The molecule has 1 aromatic carbocycles. The number of carbonyl (C=O) groups is 1. The maximum Gasteiger partial charge on any atom is 0.234 e. The van der Waals surface area contributed by atoms with Crippen molar-refractivity contribution in [3.05, 3.63) is 18.2 Å². The first-order valence-corrected chi connectivity index (χ1v) is 9.64. The van der Waals surface area contributed by atoms with Crippen molar-refractivity contribution in [2.45, 2.75) is 11.7 Å². The van der Waals surface area contributed by atoms with Crippen LogP contribution in [0.3, 0.4) is 0 Å². The van der Waals surface area contributed by atoms with Crippen LogP contribution in [0.4, 0.5) is 5.69 Å². The van der Waals surface area contributed by atoms with Gasteiger partial charge < -0.3 is 14.8 Å². The predicted molar refractivity (Wildman–Crippen MR) is 87.7 cm³/mol. The van der Waals surface area contributed by atoms with E-state index < -0.39 is 9.84 Å². The fraction of sp³-hybridized carbons (Fsp3) is 0.500. The zero-order valence-corrected chi connectivity index (χ0v) is 14.1. The fourth-order valence-corrected chi connectivity index (χ4v) is 5.62. The second-order valence-corrected chi connectivity index (χ2v) is 8.47. The number of amides is 1. The van der Waals surface area contributed by atoms with Crippen LogP contribution in [0.15, 0.2) is 18.2 Å². The summed E-state index contributed by atoms with van der Waals surface area (Å²) >= 11 is 1.38. The Balaban J connectivity index is 1.89. The number of methoxy groups -OCH3 is 2. The van der Waals surface area contributed by atoms with Crippen LogP contribution >= 0.6 is 11.8 Å². The van der Waals surface area contributed by atoms with Gasteiger partial charge in [-0.05, 0) is 18.6 Å². The highest BCUT2D eigenvalue weighted by Gasteiger charge is 2.28. The Kier molecular flexibility index (Phi) is 5.57. The number of thioether (sulfide) groups is 1. The molecule has 0 aromatic heterocycles. The van der Waals surface area contributed by atoms with Crippen molar-refractivity contribution < 1.29 is 22.7 Å². The number of anilines is 1. The molecular formula is C14H19NO5S2. The van der Waals surface area contributed by atoms with Crippen LogP contribution in [-0.4, -0.2) is 51.1 Å². The Hall–Kier alpha value is -1.41. The fourth-order valence-electron chi connectivity index (χ4n) is 2.17. The first kappa shape index (κ1) is 17.0. The van der Waals surface area contributed by atoms with Gasteiger partial charge in [0.25, 0.3) is 0 Å². The lowest BCUT2D eigenvalue weighted by Crippen LogP contribution is -2.17. The van der Waals surface area contributed by atoms with Crippen LogP contribution in [0, 0.1) is 0 Å². The Labute approximate surface area is 134 Å². The van der Waals surface area contributed by atoms with Gasteiger partial charge in [-0.1, -0.05) is 0 Å². The quantitative estimate of drug-likeness (QED) is 0.843. The van der Waals surface area contributed by atoms with Gasteiger partial charge >= 0.3 is 0 Å². The maximum absolute atomic E-state index is 12.0. The SMILES string of the molecule is COc1ccc(NC(=O)CS[C@H]2CCS(=O)(=O)C2)c(OC)c1. The Morgan fingerprint density at radius 3 is 2.73 bits per heavy atom. The van der Waals surface area contributed by atoms with Crippen molar-refractivity contribution in [1.82, 2.24) is 0 Å². The van der Waals surface area contributed by atoms with E-state index in [2.05, 4.69) is 5.32 Å². The molecular weight excluding hydrogens is 326 g/mol. The van der Waals surface area contributed by atoms with E-state index in [1.165, 1.54) is 18.9 Å². The molecule has 1 amide bonds. The van der Waals surface area contributed by atoms with Crippen LogP contribution in [0.25, 0.3) is 0 Å². The third-order valence-corrected chi connectivity index (χ3v) is 6.61. The lowest BCUT2D eigenvalue weighted by atomic mass is 10.2. The van der Waals surface area contributed by atoms with Gasteiger partial charge in [-0.3, -0.25) is 4.79 Å². The monoisotopic (exact) mass is 345 g/mol. The van der Waals surface area contributed by atoms with E-state index >= 15 is 0 Å². The molecule has 0 aliphatic carbocycles. The van der Waals surface area contributed by atoms with Gasteiger partial charge in [0.1, 0.15) is 11.5 Å². The number of ether oxygens (including phenoxy) is 2. The van der Waals surface area contributed by atoms with E-state index in [1.807, 2.05) is 0 Å². The average Bonchev–Trinajstić information content (AvgIpc) is 2.85. The van der Waals surface area contributed by atoms with Crippen LogP contribution in [0.1, 0.15) is 6.42 Å². The molecule has 1 aliphatic heterocycles. The molecule has 22 heavy (non-hydrogen) atoms. The molecule has 2 rings (SSSR count). The molecule has 0 saturated carbocycles. The van der Waals surface area contributed by atoms with Crippen molar-refractivity contribution in [2.24, 2.45) is 0 Å². The van der Waals surface area contributed by atoms with Crippen LogP contribution in [0.5, 0.6) is 11.5 Å². The first-order valence-electron chi connectivity index (χ1n) is 6.77. The molecule has 1 N–H and O–H groups in total. The Morgan fingerprint density at radius 2 is 2.14 bits per heavy atom. The van der Waals surface area contributed by atoms with Crippen molar-refractivity contribution in [3.63, 3.8) is 0 Å². The van der Waals surface area contributed by atoms with Crippen LogP contribution in [0.2, 0.25) is 0 Å². The molecule has 0 radical (unpaired) electrons. The van der Waals surface area contributed by atoms with Gasteiger partial charge in [-0.15, -0.1) is 11.8 Å². The lowest BCUT2D eigenvalue weighted by Gasteiger charge is -2.12. The minimum absolute atomic E-state index is 0.00788. The normalized spacial score (nSPS) is 19.6. The molecule has 8 heteroatoms. The molecule has 0 bridgehead atoms. The van der Waals surface area contributed by atoms with E-state index in [1.54, 1.807) is 25.3 Å². The van der Waals surface area contributed by atoms with Gasteiger partial charge in [0, 0.05) is 11.3 Å². The second kappa shape index (κ2) is 7.23. The first-order chi connectivity index (χ1) is 10.4. The van der Waals surface area contributed by atoms with Crippen LogP contribution < -0.4 is 14.8 Å². The molecule has 122 valence electrons. The van der Waals surface area contributed by atoms with E-state index in [4.69, 9.17) is 9.47 Å². The summed E-state index contributed by atoms with van der Waals surface area (Å²) in [4.78, 5) is 12.0. The lowest BCUT2D eigenvalue weighted by molar-refractivity contribution is -0.113. The number of nitrogens with one attached hydrogen (secondary N) is 1. The van der Waals surface area contributed by atoms with Gasteiger partial charge in [-0.25, -0.2) is 8.42 Å². The number of benzene rings is 1. The van der Waals surface area contributed by atoms with Gasteiger partial charge in [-0.2, -0.15) is 0 Å². The summed E-state index contributed by atoms with van der Waals surface area (Å²) in [6, 6.07) is 5.13. The number of hydrogen-bond donors (Lipinski definition) is 1. The Morgan fingerprint density at radius 1 is 1.36 bits per heavy atom. The summed E-state index contributed by atoms with van der Waals surface area (Å²) in [5.74, 6) is 1.57. The molecule has 1 saturated heterocycles.